The van der Waals surface area contributed by atoms with E-state index < -0.39 is 39.1 Å². The summed E-state index contributed by atoms with van der Waals surface area (Å²) in [5.74, 6) is -5.11. The first-order valence-corrected chi connectivity index (χ1v) is 10.4. The van der Waals surface area contributed by atoms with Gasteiger partial charge in [0.2, 0.25) is 15.9 Å². The van der Waals surface area contributed by atoms with Crippen molar-refractivity contribution in [3.8, 4) is 0 Å². The van der Waals surface area contributed by atoms with Crippen LogP contribution in [0.3, 0.4) is 0 Å². The molecule has 11 heteroatoms. The molecule has 0 aromatic heterocycles. The number of hydrogen-bond donors (Lipinski definition) is 1. The highest BCUT2D eigenvalue weighted by molar-refractivity contribution is 7.89. The second-order valence-corrected chi connectivity index (χ2v) is 8.78. The topological polar surface area (TPSA) is 69.7 Å². The number of piperazine rings is 1. The summed E-state index contributed by atoms with van der Waals surface area (Å²) in [5.41, 5.74) is -0.462. The molecule has 0 saturated carbocycles. The minimum Gasteiger partial charge on any atom is -0.322 e. The molecule has 1 aliphatic heterocycles. The standard InChI is InChI=1S/C18H17ClF3N3O3S/c19-12-2-1-3-13(10-12)29(27,28)25-8-6-24(7-9-25)11-16(26)23-15-5-4-14(20)17(21)18(15)22/h1-5,10H,6-9,11H2,(H,23,26). The molecule has 1 saturated heterocycles. The van der Waals surface area contributed by atoms with Crippen LogP contribution >= 0.6 is 11.6 Å². The number of carbonyl (C=O) groups is 1. The number of halogens is 4. The number of nitrogens with one attached hydrogen (secondary N) is 1. The van der Waals surface area contributed by atoms with Crippen molar-refractivity contribution in [2.45, 2.75) is 4.90 Å². The van der Waals surface area contributed by atoms with E-state index in [1.54, 1.807) is 17.0 Å². The van der Waals surface area contributed by atoms with Crippen molar-refractivity contribution >= 4 is 33.2 Å². The van der Waals surface area contributed by atoms with Crippen molar-refractivity contribution < 1.29 is 26.4 Å². The van der Waals surface area contributed by atoms with Gasteiger partial charge < -0.3 is 5.32 Å². The molecule has 29 heavy (non-hydrogen) atoms. The quantitative estimate of drug-likeness (QED) is 0.715. The number of sulfonamides is 1. The lowest BCUT2D eigenvalue weighted by Crippen LogP contribution is -2.50. The van der Waals surface area contributed by atoms with E-state index in [2.05, 4.69) is 5.32 Å². The van der Waals surface area contributed by atoms with Gasteiger partial charge in [-0.25, -0.2) is 21.6 Å². The summed E-state index contributed by atoms with van der Waals surface area (Å²) in [6, 6.07) is 7.60. The van der Waals surface area contributed by atoms with Crippen LogP contribution in [0.4, 0.5) is 18.9 Å². The molecule has 0 spiro atoms. The Morgan fingerprint density at radius 1 is 1.03 bits per heavy atom. The molecule has 1 amide bonds. The molecule has 1 fully saturated rings. The number of anilines is 1. The maximum atomic E-state index is 13.6. The van der Waals surface area contributed by atoms with Gasteiger partial charge in [-0.15, -0.1) is 0 Å². The first-order chi connectivity index (χ1) is 13.7. The van der Waals surface area contributed by atoms with E-state index in [1.807, 2.05) is 0 Å². The molecule has 0 aliphatic carbocycles. The number of benzene rings is 2. The maximum Gasteiger partial charge on any atom is 0.243 e. The average Bonchev–Trinajstić information content (AvgIpc) is 2.69. The third-order valence-corrected chi connectivity index (χ3v) is 6.57. The number of carbonyl (C=O) groups excluding carboxylic acids is 1. The summed E-state index contributed by atoms with van der Waals surface area (Å²) in [5, 5.41) is 2.50. The lowest BCUT2D eigenvalue weighted by molar-refractivity contribution is -0.117. The Hall–Kier alpha value is -2.14. The second-order valence-electron chi connectivity index (χ2n) is 6.41. The SMILES string of the molecule is O=C(CN1CCN(S(=O)(=O)c2cccc(Cl)c2)CC1)Nc1ccc(F)c(F)c1F. The van der Waals surface area contributed by atoms with E-state index in [0.717, 1.165) is 6.07 Å². The fourth-order valence-corrected chi connectivity index (χ4v) is 4.64. The van der Waals surface area contributed by atoms with Crippen LogP contribution in [0.25, 0.3) is 0 Å². The van der Waals surface area contributed by atoms with E-state index in [0.29, 0.717) is 11.1 Å². The Morgan fingerprint density at radius 3 is 2.38 bits per heavy atom. The summed E-state index contributed by atoms with van der Waals surface area (Å²) in [6.45, 7) is 0.702. The van der Waals surface area contributed by atoms with Gasteiger partial charge in [0.1, 0.15) is 0 Å². The van der Waals surface area contributed by atoms with Crippen LogP contribution in [0.15, 0.2) is 41.3 Å². The molecule has 2 aromatic carbocycles. The van der Waals surface area contributed by atoms with Crippen molar-refractivity contribution in [3.63, 3.8) is 0 Å². The number of hydrogen-bond acceptors (Lipinski definition) is 4. The fraction of sp³-hybridized carbons (Fsp3) is 0.278. The van der Waals surface area contributed by atoms with Gasteiger partial charge in [0.25, 0.3) is 0 Å². The van der Waals surface area contributed by atoms with Gasteiger partial charge >= 0.3 is 0 Å². The Balaban J connectivity index is 1.57. The average molecular weight is 448 g/mol. The normalized spacial score (nSPS) is 16.0. The molecule has 1 N–H and O–H groups in total. The first kappa shape index (κ1) is 21.6. The number of nitrogens with zero attached hydrogens (tertiary/aromatic N) is 2. The molecule has 6 nitrogen and oxygen atoms in total. The predicted octanol–water partition coefficient (Wildman–Crippen LogP) is 2.70. The van der Waals surface area contributed by atoms with Gasteiger partial charge in [-0.1, -0.05) is 17.7 Å². The Morgan fingerprint density at radius 2 is 1.72 bits per heavy atom. The van der Waals surface area contributed by atoms with Crippen molar-refractivity contribution in [2.24, 2.45) is 0 Å². The van der Waals surface area contributed by atoms with Crippen molar-refractivity contribution in [2.75, 3.05) is 38.0 Å². The molecule has 156 valence electrons. The molecule has 1 aliphatic rings. The third-order valence-electron chi connectivity index (χ3n) is 4.44. The Bertz CT molecular complexity index is 1030. The lowest BCUT2D eigenvalue weighted by Gasteiger charge is -2.33. The van der Waals surface area contributed by atoms with Crippen molar-refractivity contribution in [1.82, 2.24) is 9.21 Å². The van der Waals surface area contributed by atoms with Gasteiger partial charge in [0.05, 0.1) is 17.1 Å². The van der Waals surface area contributed by atoms with Crippen molar-refractivity contribution in [3.05, 3.63) is 58.9 Å². The summed E-state index contributed by atoms with van der Waals surface area (Å²) in [6.07, 6.45) is 0. The van der Waals surface area contributed by atoms with Crippen LogP contribution in [0.2, 0.25) is 5.02 Å². The smallest absolute Gasteiger partial charge is 0.243 e. The van der Waals surface area contributed by atoms with Gasteiger partial charge in [-0.05, 0) is 30.3 Å². The molecule has 0 unspecified atom stereocenters. The van der Waals surface area contributed by atoms with Crippen LogP contribution in [0.1, 0.15) is 0 Å². The summed E-state index contributed by atoms with van der Waals surface area (Å²) in [4.78, 5) is 13.9. The molecular weight excluding hydrogens is 431 g/mol. The molecular formula is C18H17ClF3N3O3S. The van der Waals surface area contributed by atoms with E-state index in [-0.39, 0.29) is 37.6 Å². The molecule has 1 heterocycles. The highest BCUT2D eigenvalue weighted by Gasteiger charge is 2.29. The second kappa shape index (κ2) is 8.70. The summed E-state index contributed by atoms with van der Waals surface area (Å²) < 4.78 is 66.5. The zero-order valence-corrected chi connectivity index (χ0v) is 16.6. The first-order valence-electron chi connectivity index (χ1n) is 8.60. The summed E-state index contributed by atoms with van der Waals surface area (Å²) in [7, 11) is -3.70. The van der Waals surface area contributed by atoms with Crippen LogP contribution < -0.4 is 5.32 Å². The van der Waals surface area contributed by atoms with E-state index in [1.165, 1.54) is 16.4 Å². The van der Waals surface area contributed by atoms with Crippen LogP contribution in [-0.4, -0.2) is 56.3 Å². The predicted molar refractivity (Wildman–Crippen MR) is 102 cm³/mol. The molecule has 0 radical (unpaired) electrons. The van der Waals surface area contributed by atoms with E-state index in [9.17, 15) is 26.4 Å². The monoisotopic (exact) mass is 447 g/mol. The zero-order valence-electron chi connectivity index (χ0n) is 15.0. The van der Waals surface area contributed by atoms with Gasteiger partial charge in [-0.2, -0.15) is 4.31 Å². The summed E-state index contributed by atoms with van der Waals surface area (Å²) >= 11 is 5.86. The minimum absolute atomic E-state index is 0.0880. The van der Waals surface area contributed by atoms with Gasteiger partial charge in [0, 0.05) is 31.2 Å². The van der Waals surface area contributed by atoms with E-state index >= 15 is 0 Å². The zero-order chi connectivity index (χ0) is 21.2. The minimum atomic E-state index is -3.70. The third kappa shape index (κ3) is 4.89. The van der Waals surface area contributed by atoms with Crippen LogP contribution in [-0.2, 0) is 14.8 Å². The fourth-order valence-electron chi connectivity index (χ4n) is 2.92. The van der Waals surface area contributed by atoms with Crippen LogP contribution in [0, 0.1) is 17.5 Å². The Labute approximate surface area is 170 Å². The lowest BCUT2D eigenvalue weighted by atomic mass is 10.2. The molecule has 2 aromatic rings. The van der Waals surface area contributed by atoms with Crippen LogP contribution in [0.5, 0.6) is 0 Å². The largest absolute Gasteiger partial charge is 0.322 e. The molecule has 3 rings (SSSR count). The number of rotatable bonds is 5. The molecule has 0 bridgehead atoms. The van der Waals surface area contributed by atoms with Gasteiger partial charge in [0.15, 0.2) is 17.5 Å². The number of amides is 1. The van der Waals surface area contributed by atoms with E-state index in [4.69, 9.17) is 11.6 Å². The van der Waals surface area contributed by atoms with Gasteiger partial charge in [-0.3, -0.25) is 9.69 Å². The molecule has 0 atom stereocenters. The highest BCUT2D eigenvalue weighted by atomic mass is 35.5. The Kier molecular flexibility index (Phi) is 6.47. The highest BCUT2D eigenvalue weighted by Crippen LogP contribution is 2.22. The van der Waals surface area contributed by atoms with Crippen molar-refractivity contribution in [1.29, 1.82) is 0 Å². The maximum absolute atomic E-state index is 13.6.